The number of hydrogen-bond donors (Lipinski definition) is 0. The SMILES string of the molecule is CCc1c([N+](=O)[O-])cc(C(F)(F)F)cc1[N+](=O)[O-]. The summed E-state index contributed by atoms with van der Waals surface area (Å²) in [6, 6.07) is 0.623. The van der Waals surface area contributed by atoms with E-state index in [2.05, 4.69) is 0 Å². The van der Waals surface area contributed by atoms with Crippen LogP contribution in [0.4, 0.5) is 24.5 Å². The fourth-order valence-corrected chi connectivity index (χ4v) is 1.49. The van der Waals surface area contributed by atoms with Crippen LogP contribution in [-0.2, 0) is 12.6 Å². The summed E-state index contributed by atoms with van der Waals surface area (Å²) in [5.41, 5.74) is -3.51. The molecule has 0 N–H and O–H groups in total. The Bertz CT molecular complexity index is 478. The molecule has 1 aromatic carbocycles. The van der Waals surface area contributed by atoms with Gasteiger partial charge in [-0.25, -0.2) is 0 Å². The van der Waals surface area contributed by atoms with Crippen LogP contribution in [0.2, 0.25) is 0 Å². The molecule has 0 spiro atoms. The first-order valence-electron chi connectivity index (χ1n) is 4.71. The van der Waals surface area contributed by atoms with Crippen LogP contribution in [0.15, 0.2) is 12.1 Å². The van der Waals surface area contributed by atoms with Crippen molar-refractivity contribution in [2.75, 3.05) is 0 Å². The molecule has 0 amide bonds. The van der Waals surface area contributed by atoms with Crippen molar-refractivity contribution in [3.8, 4) is 0 Å². The van der Waals surface area contributed by atoms with Crippen molar-refractivity contribution in [2.24, 2.45) is 0 Å². The molecule has 6 nitrogen and oxygen atoms in total. The van der Waals surface area contributed by atoms with Crippen LogP contribution in [0.25, 0.3) is 0 Å². The van der Waals surface area contributed by atoms with Crippen molar-refractivity contribution in [3.63, 3.8) is 0 Å². The van der Waals surface area contributed by atoms with E-state index in [1.54, 1.807) is 0 Å². The van der Waals surface area contributed by atoms with Crippen molar-refractivity contribution in [3.05, 3.63) is 43.5 Å². The van der Waals surface area contributed by atoms with Crippen LogP contribution in [0.3, 0.4) is 0 Å². The van der Waals surface area contributed by atoms with Gasteiger partial charge in [-0.3, -0.25) is 20.2 Å². The highest BCUT2D eigenvalue weighted by atomic mass is 19.4. The van der Waals surface area contributed by atoms with E-state index in [-0.39, 0.29) is 12.0 Å². The lowest BCUT2D eigenvalue weighted by molar-refractivity contribution is -0.395. The molecule has 0 radical (unpaired) electrons. The topological polar surface area (TPSA) is 86.3 Å². The summed E-state index contributed by atoms with van der Waals surface area (Å²) in [4.78, 5) is 19.2. The lowest BCUT2D eigenvalue weighted by Gasteiger charge is -2.08. The standard InChI is InChI=1S/C9H7F3N2O4/c1-2-6-7(13(15)16)3-5(9(10,11)12)4-8(6)14(17)18/h3-4H,2H2,1H3. The molecule has 0 aliphatic rings. The smallest absolute Gasteiger partial charge is 0.258 e. The highest BCUT2D eigenvalue weighted by molar-refractivity contribution is 5.56. The molecule has 1 rings (SSSR count). The normalized spacial score (nSPS) is 11.3. The summed E-state index contributed by atoms with van der Waals surface area (Å²) < 4.78 is 37.4. The van der Waals surface area contributed by atoms with Crippen molar-refractivity contribution < 1.29 is 23.0 Å². The van der Waals surface area contributed by atoms with Crippen molar-refractivity contribution >= 4 is 11.4 Å². The molecule has 98 valence electrons. The fraction of sp³-hybridized carbons (Fsp3) is 0.333. The first-order chi connectivity index (χ1) is 8.18. The van der Waals surface area contributed by atoms with Gasteiger partial charge in [-0.1, -0.05) is 6.92 Å². The van der Waals surface area contributed by atoms with E-state index in [0.29, 0.717) is 12.1 Å². The molecule has 0 heterocycles. The summed E-state index contributed by atoms with van der Waals surface area (Å²) in [7, 11) is 0. The highest BCUT2D eigenvalue weighted by Crippen LogP contribution is 2.38. The molecule has 0 aliphatic carbocycles. The van der Waals surface area contributed by atoms with E-state index in [1.165, 1.54) is 6.92 Å². The first-order valence-corrected chi connectivity index (χ1v) is 4.71. The second-order valence-electron chi connectivity index (χ2n) is 3.36. The minimum Gasteiger partial charge on any atom is -0.258 e. The quantitative estimate of drug-likeness (QED) is 0.620. The monoisotopic (exact) mass is 264 g/mol. The van der Waals surface area contributed by atoms with E-state index < -0.39 is 33.0 Å². The third kappa shape index (κ3) is 2.55. The van der Waals surface area contributed by atoms with Crippen LogP contribution in [0.5, 0.6) is 0 Å². The second kappa shape index (κ2) is 4.59. The third-order valence-electron chi connectivity index (χ3n) is 2.28. The van der Waals surface area contributed by atoms with E-state index >= 15 is 0 Å². The van der Waals surface area contributed by atoms with Gasteiger partial charge >= 0.3 is 6.18 Å². The van der Waals surface area contributed by atoms with Crippen LogP contribution in [0, 0.1) is 20.2 Å². The lowest BCUT2D eigenvalue weighted by Crippen LogP contribution is -2.09. The number of hydrogen-bond acceptors (Lipinski definition) is 4. The molecule has 0 aromatic heterocycles. The number of alkyl halides is 3. The fourth-order valence-electron chi connectivity index (χ4n) is 1.49. The zero-order valence-electron chi connectivity index (χ0n) is 9.02. The lowest BCUT2D eigenvalue weighted by atomic mass is 10.0. The number of nitro groups is 2. The maximum absolute atomic E-state index is 12.5. The van der Waals surface area contributed by atoms with Crippen LogP contribution < -0.4 is 0 Å². The largest absolute Gasteiger partial charge is 0.416 e. The molecular formula is C9H7F3N2O4. The van der Waals surface area contributed by atoms with Crippen LogP contribution >= 0.6 is 0 Å². The van der Waals surface area contributed by atoms with Crippen molar-refractivity contribution in [1.29, 1.82) is 0 Å². The Morgan fingerprint density at radius 1 is 1.11 bits per heavy atom. The summed E-state index contributed by atoms with van der Waals surface area (Å²) >= 11 is 0. The zero-order valence-corrected chi connectivity index (χ0v) is 9.02. The van der Waals surface area contributed by atoms with E-state index in [0.717, 1.165) is 0 Å². The molecule has 0 aliphatic heterocycles. The average molecular weight is 264 g/mol. The van der Waals surface area contributed by atoms with Gasteiger partial charge < -0.3 is 0 Å². The molecule has 18 heavy (non-hydrogen) atoms. The highest BCUT2D eigenvalue weighted by Gasteiger charge is 2.36. The van der Waals surface area contributed by atoms with Gasteiger partial charge in [0.25, 0.3) is 11.4 Å². The Hall–Kier alpha value is -2.19. The van der Waals surface area contributed by atoms with E-state index in [9.17, 15) is 33.4 Å². The Morgan fingerprint density at radius 2 is 1.50 bits per heavy atom. The minimum absolute atomic E-state index is 0.106. The first kappa shape index (κ1) is 13.9. The van der Waals surface area contributed by atoms with Gasteiger partial charge in [0.2, 0.25) is 0 Å². The van der Waals surface area contributed by atoms with Crippen LogP contribution in [-0.4, -0.2) is 9.85 Å². The summed E-state index contributed by atoms with van der Waals surface area (Å²) in [6.07, 6.45) is -4.98. The zero-order chi connectivity index (χ0) is 14.1. The van der Waals surface area contributed by atoms with Gasteiger partial charge in [-0.2, -0.15) is 13.2 Å². The molecule has 1 aromatic rings. The van der Waals surface area contributed by atoms with Gasteiger partial charge in [0.15, 0.2) is 0 Å². The number of rotatable bonds is 3. The number of nitro benzene ring substituents is 2. The molecule has 0 saturated heterocycles. The number of nitrogens with zero attached hydrogens (tertiary/aromatic N) is 2. The molecule has 0 atom stereocenters. The Morgan fingerprint density at radius 3 is 1.72 bits per heavy atom. The second-order valence-corrected chi connectivity index (χ2v) is 3.36. The maximum Gasteiger partial charge on any atom is 0.416 e. The number of benzene rings is 1. The minimum atomic E-state index is -4.87. The van der Waals surface area contributed by atoms with Gasteiger partial charge in [-0.15, -0.1) is 0 Å². The molecule has 0 unspecified atom stereocenters. The maximum atomic E-state index is 12.5. The van der Waals surface area contributed by atoms with E-state index in [4.69, 9.17) is 0 Å². The van der Waals surface area contributed by atoms with E-state index in [1.807, 2.05) is 0 Å². The Balaban J connectivity index is 3.65. The van der Waals surface area contributed by atoms with Gasteiger partial charge in [0, 0.05) is 12.1 Å². The predicted molar refractivity (Wildman–Crippen MR) is 54.1 cm³/mol. The molecule has 0 bridgehead atoms. The van der Waals surface area contributed by atoms with Gasteiger partial charge in [0.1, 0.15) is 5.56 Å². The Kier molecular flexibility index (Phi) is 3.54. The third-order valence-corrected chi connectivity index (χ3v) is 2.28. The summed E-state index contributed by atoms with van der Waals surface area (Å²) in [5, 5.41) is 21.3. The average Bonchev–Trinajstić information content (AvgIpc) is 2.25. The molecule has 9 heteroatoms. The van der Waals surface area contributed by atoms with Crippen molar-refractivity contribution in [2.45, 2.75) is 19.5 Å². The number of halogens is 3. The molecular weight excluding hydrogens is 257 g/mol. The van der Waals surface area contributed by atoms with Crippen molar-refractivity contribution in [1.82, 2.24) is 0 Å². The molecule has 0 fully saturated rings. The predicted octanol–water partition coefficient (Wildman–Crippen LogP) is 3.08. The summed E-state index contributed by atoms with van der Waals surface area (Å²) in [5.74, 6) is 0. The van der Waals surface area contributed by atoms with Gasteiger partial charge in [0.05, 0.1) is 15.4 Å². The van der Waals surface area contributed by atoms with Crippen LogP contribution in [0.1, 0.15) is 18.1 Å². The van der Waals surface area contributed by atoms with Gasteiger partial charge in [-0.05, 0) is 6.42 Å². The molecule has 0 saturated carbocycles. The summed E-state index contributed by atoms with van der Waals surface area (Å²) in [6.45, 7) is 1.39. The Labute approximate surface area is 98.3 Å².